The number of oxazole rings is 1. The summed E-state index contributed by atoms with van der Waals surface area (Å²) in [4.78, 5) is 18.6. The lowest BCUT2D eigenvalue weighted by atomic mass is 10.2. The molecule has 2 aromatic heterocycles. The van der Waals surface area contributed by atoms with Gasteiger partial charge in [-0.2, -0.15) is 11.3 Å². The third-order valence-corrected chi connectivity index (χ3v) is 4.39. The number of nitrogens with zero attached hydrogens (tertiary/aromatic N) is 2. The highest BCUT2D eigenvalue weighted by molar-refractivity contribution is 7.07. The van der Waals surface area contributed by atoms with Crippen LogP contribution in [0, 0.1) is 6.92 Å². The van der Waals surface area contributed by atoms with E-state index in [-0.39, 0.29) is 12.3 Å². The van der Waals surface area contributed by atoms with E-state index in [0.29, 0.717) is 23.9 Å². The lowest BCUT2D eigenvalue weighted by Gasteiger charge is -2.15. The van der Waals surface area contributed by atoms with E-state index in [1.807, 2.05) is 55.7 Å². The first-order valence-electron chi connectivity index (χ1n) is 7.40. The van der Waals surface area contributed by atoms with Crippen molar-refractivity contribution >= 4 is 17.2 Å². The standard InChI is InChI=1S/C18H18N2O2S/c1-13-16(19-18(22-13)15-6-4-3-5-7-15)10-17(21)20(2)11-14-8-9-23-12-14/h3-9,12H,10-11H2,1-2H3. The van der Waals surface area contributed by atoms with Crippen molar-refractivity contribution in [2.24, 2.45) is 0 Å². The number of aromatic nitrogens is 1. The van der Waals surface area contributed by atoms with Gasteiger partial charge in [0.05, 0.1) is 12.1 Å². The molecule has 0 bridgehead atoms. The van der Waals surface area contributed by atoms with Crippen LogP contribution in [-0.4, -0.2) is 22.8 Å². The van der Waals surface area contributed by atoms with Crippen molar-refractivity contribution in [1.29, 1.82) is 0 Å². The van der Waals surface area contributed by atoms with E-state index in [2.05, 4.69) is 10.4 Å². The van der Waals surface area contributed by atoms with Crippen LogP contribution in [0.4, 0.5) is 0 Å². The van der Waals surface area contributed by atoms with Crippen LogP contribution in [0.1, 0.15) is 17.0 Å². The topological polar surface area (TPSA) is 46.3 Å². The fourth-order valence-electron chi connectivity index (χ4n) is 2.32. The number of carbonyl (C=O) groups excluding carboxylic acids is 1. The molecule has 4 nitrogen and oxygen atoms in total. The third-order valence-electron chi connectivity index (χ3n) is 3.66. The molecule has 3 aromatic rings. The van der Waals surface area contributed by atoms with Gasteiger partial charge in [0.2, 0.25) is 11.8 Å². The molecule has 0 atom stereocenters. The van der Waals surface area contributed by atoms with Gasteiger partial charge < -0.3 is 9.32 Å². The number of benzene rings is 1. The molecule has 1 aromatic carbocycles. The number of amides is 1. The van der Waals surface area contributed by atoms with E-state index >= 15 is 0 Å². The van der Waals surface area contributed by atoms with Crippen molar-refractivity contribution in [2.45, 2.75) is 19.9 Å². The lowest BCUT2D eigenvalue weighted by molar-refractivity contribution is -0.129. The number of carbonyl (C=O) groups is 1. The molecule has 0 radical (unpaired) electrons. The second-order valence-corrected chi connectivity index (χ2v) is 6.23. The minimum Gasteiger partial charge on any atom is -0.441 e. The van der Waals surface area contributed by atoms with Gasteiger partial charge in [-0.25, -0.2) is 4.98 Å². The Balaban J connectivity index is 1.70. The molecule has 2 heterocycles. The van der Waals surface area contributed by atoms with Crippen molar-refractivity contribution in [3.8, 4) is 11.5 Å². The molecule has 5 heteroatoms. The maximum atomic E-state index is 12.4. The minimum absolute atomic E-state index is 0.0345. The molecule has 0 saturated heterocycles. The van der Waals surface area contributed by atoms with Gasteiger partial charge >= 0.3 is 0 Å². The number of likely N-dealkylation sites (N-methyl/N-ethyl adjacent to an activating group) is 1. The Morgan fingerprint density at radius 1 is 1.26 bits per heavy atom. The summed E-state index contributed by atoms with van der Waals surface area (Å²) in [5.74, 6) is 1.29. The predicted octanol–water partition coefficient (Wildman–Crippen LogP) is 3.91. The molecule has 23 heavy (non-hydrogen) atoms. The van der Waals surface area contributed by atoms with Crippen LogP contribution in [0.25, 0.3) is 11.5 Å². The second kappa shape index (κ2) is 6.79. The number of hydrogen-bond donors (Lipinski definition) is 0. The zero-order chi connectivity index (χ0) is 16.2. The smallest absolute Gasteiger partial charge is 0.228 e. The average Bonchev–Trinajstić information content (AvgIpc) is 3.18. The quantitative estimate of drug-likeness (QED) is 0.714. The lowest BCUT2D eigenvalue weighted by Crippen LogP contribution is -2.27. The molecule has 0 unspecified atom stereocenters. The van der Waals surface area contributed by atoms with Gasteiger partial charge in [0.15, 0.2) is 0 Å². The van der Waals surface area contributed by atoms with E-state index in [0.717, 1.165) is 11.1 Å². The van der Waals surface area contributed by atoms with E-state index in [1.165, 1.54) is 0 Å². The summed E-state index contributed by atoms with van der Waals surface area (Å²) < 4.78 is 5.71. The Morgan fingerprint density at radius 2 is 2.04 bits per heavy atom. The Morgan fingerprint density at radius 3 is 2.74 bits per heavy atom. The number of thiophene rings is 1. The van der Waals surface area contributed by atoms with Gasteiger partial charge in [-0.15, -0.1) is 0 Å². The molecule has 0 aliphatic heterocycles. The SMILES string of the molecule is Cc1oc(-c2ccccc2)nc1CC(=O)N(C)Cc1ccsc1. The molecular weight excluding hydrogens is 308 g/mol. The molecule has 0 saturated carbocycles. The van der Waals surface area contributed by atoms with E-state index in [4.69, 9.17) is 4.42 Å². The first-order valence-corrected chi connectivity index (χ1v) is 8.34. The molecule has 1 amide bonds. The molecule has 0 fully saturated rings. The molecule has 0 aliphatic rings. The van der Waals surface area contributed by atoms with E-state index in [9.17, 15) is 4.79 Å². The molecular formula is C18H18N2O2S. The molecule has 0 spiro atoms. The fraction of sp³-hybridized carbons (Fsp3) is 0.222. The largest absolute Gasteiger partial charge is 0.441 e. The monoisotopic (exact) mass is 326 g/mol. The van der Waals surface area contributed by atoms with Gasteiger partial charge in [-0.05, 0) is 41.4 Å². The summed E-state index contributed by atoms with van der Waals surface area (Å²) >= 11 is 1.64. The highest BCUT2D eigenvalue weighted by Gasteiger charge is 2.17. The van der Waals surface area contributed by atoms with Gasteiger partial charge in [0, 0.05) is 19.2 Å². The van der Waals surface area contributed by atoms with Crippen LogP contribution in [0.2, 0.25) is 0 Å². The number of rotatable bonds is 5. The van der Waals surface area contributed by atoms with E-state index in [1.54, 1.807) is 16.2 Å². The van der Waals surface area contributed by atoms with Crippen LogP contribution in [0.15, 0.2) is 51.6 Å². The maximum Gasteiger partial charge on any atom is 0.228 e. The first kappa shape index (κ1) is 15.5. The fourth-order valence-corrected chi connectivity index (χ4v) is 2.98. The third kappa shape index (κ3) is 3.68. The average molecular weight is 326 g/mol. The second-order valence-electron chi connectivity index (χ2n) is 5.45. The van der Waals surface area contributed by atoms with Gasteiger partial charge in [0.1, 0.15) is 5.76 Å². The van der Waals surface area contributed by atoms with Crippen LogP contribution in [0.3, 0.4) is 0 Å². The number of aryl methyl sites for hydroxylation is 1. The van der Waals surface area contributed by atoms with Gasteiger partial charge in [-0.1, -0.05) is 18.2 Å². The Labute approximate surface area is 139 Å². The maximum absolute atomic E-state index is 12.4. The molecule has 118 valence electrons. The van der Waals surface area contributed by atoms with Crippen molar-refractivity contribution in [3.05, 3.63) is 64.2 Å². The summed E-state index contributed by atoms with van der Waals surface area (Å²) in [6, 6.07) is 11.7. The van der Waals surface area contributed by atoms with Crippen LogP contribution in [-0.2, 0) is 17.8 Å². The predicted molar refractivity (Wildman–Crippen MR) is 91.2 cm³/mol. The van der Waals surface area contributed by atoms with Crippen LogP contribution in [0.5, 0.6) is 0 Å². The van der Waals surface area contributed by atoms with Crippen LogP contribution >= 0.6 is 11.3 Å². The summed E-state index contributed by atoms with van der Waals surface area (Å²) in [5.41, 5.74) is 2.76. The first-order chi connectivity index (χ1) is 11.1. The van der Waals surface area contributed by atoms with Gasteiger partial charge in [0.25, 0.3) is 0 Å². The van der Waals surface area contributed by atoms with Gasteiger partial charge in [-0.3, -0.25) is 4.79 Å². The molecule has 0 aliphatic carbocycles. The highest BCUT2D eigenvalue weighted by atomic mass is 32.1. The summed E-state index contributed by atoms with van der Waals surface area (Å²) in [5, 5.41) is 4.07. The Kier molecular flexibility index (Phi) is 4.57. The minimum atomic E-state index is 0.0345. The van der Waals surface area contributed by atoms with Crippen molar-refractivity contribution in [3.63, 3.8) is 0 Å². The Bertz CT molecular complexity index is 779. The zero-order valence-electron chi connectivity index (χ0n) is 13.2. The van der Waals surface area contributed by atoms with Crippen molar-refractivity contribution < 1.29 is 9.21 Å². The number of hydrogen-bond acceptors (Lipinski definition) is 4. The normalized spacial score (nSPS) is 10.7. The molecule has 0 N–H and O–H groups in total. The van der Waals surface area contributed by atoms with Crippen LogP contribution < -0.4 is 0 Å². The summed E-state index contributed by atoms with van der Waals surface area (Å²) in [6.45, 7) is 2.46. The summed E-state index contributed by atoms with van der Waals surface area (Å²) in [6.07, 6.45) is 0.253. The molecule has 3 rings (SSSR count). The Hall–Kier alpha value is -2.40. The van der Waals surface area contributed by atoms with E-state index < -0.39 is 0 Å². The van der Waals surface area contributed by atoms with Crippen molar-refractivity contribution in [2.75, 3.05) is 7.05 Å². The summed E-state index contributed by atoms with van der Waals surface area (Å²) in [7, 11) is 1.81. The van der Waals surface area contributed by atoms with Crippen molar-refractivity contribution in [1.82, 2.24) is 9.88 Å². The highest BCUT2D eigenvalue weighted by Crippen LogP contribution is 2.22. The zero-order valence-corrected chi connectivity index (χ0v) is 14.0.